The summed E-state index contributed by atoms with van der Waals surface area (Å²) in [6.07, 6.45) is 1.51. The molecule has 1 aliphatic heterocycles. The zero-order valence-electron chi connectivity index (χ0n) is 20.3. The number of aromatic nitrogens is 1. The number of methoxy groups -OCH3 is 1. The third-order valence-electron chi connectivity index (χ3n) is 5.64. The van der Waals surface area contributed by atoms with Crippen LogP contribution >= 0.6 is 11.3 Å². The van der Waals surface area contributed by atoms with E-state index < -0.39 is 23.5 Å². The molecular weight excluding hydrogens is 468 g/mol. The predicted molar refractivity (Wildman–Crippen MR) is 131 cm³/mol. The Balaban J connectivity index is 1.80. The molecule has 2 aromatic heterocycles. The van der Waals surface area contributed by atoms with Gasteiger partial charge in [-0.05, 0) is 49.6 Å². The van der Waals surface area contributed by atoms with Crippen LogP contribution in [0.25, 0.3) is 0 Å². The molecule has 0 aliphatic carbocycles. The molecule has 0 fully saturated rings. The fourth-order valence-electron chi connectivity index (χ4n) is 4.06. The third-order valence-corrected chi connectivity index (χ3v) is 6.71. The zero-order valence-corrected chi connectivity index (χ0v) is 21.1. The minimum Gasteiger partial charge on any atom is -0.503 e. The van der Waals surface area contributed by atoms with Gasteiger partial charge in [0.1, 0.15) is 5.76 Å². The van der Waals surface area contributed by atoms with E-state index in [1.165, 1.54) is 29.6 Å². The molecule has 1 amide bonds. The van der Waals surface area contributed by atoms with Crippen molar-refractivity contribution >= 4 is 23.0 Å². The van der Waals surface area contributed by atoms with Crippen molar-refractivity contribution in [1.82, 2.24) is 9.88 Å². The van der Waals surface area contributed by atoms with Crippen LogP contribution in [0.4, 0.5) is 0 Å². The lowest BCUT2D eigenvalue weighted by atomic mass is 9.94. The molecule has 8 nitrogen and oxygen atoms in total. The molecular formula is C26H28N2O6S. The van der Waals surface area contributed by atoms with Gasteiger partial charge in [-0.15, -0.1) is 11.3 Å². The lowest BCUT2D eigenvalue weighted by Gasteiger charge is -2.26. The summed E-state index contributed by atoms with van der Waals surface area (Å²) in [6, 6.07) is 7.88. The second kappa shape index (κ2) is 9.95. The summed E-state index contributed by atoms with van der Waals surface area (Å²) in [5.41, 5.74) is 1.17. The molecule has 1 N–H and O–H groups in total. The van der Waals surface area contributed by atoms with Crippen molar-refractivity contribution in [1.29, 1.82) is 0 Å². The number of carbonyl (C=O) groups excluding carboxylic acids is 2. The number of aliphatic hydroxyl groups excluding tert-OH is 1. The van der Waals surface area contributed by atoms with Crippen LogP contribution in [-0.2, 0) is 11.3 Å². The summed E-state index contributed by atoms with van der Waals surface area (Å²) in [5, 5.41) is 11.6. The summed E-state index contributed by atoms with van der Waals surface area (Å²) < 4.78 is 16.9. The van der Waals surface area contributed by atoms with Crippen molar-refractivity contribution in [2.45, 2.75) is 40.3 Å². The first kappa shape index (κ1) is 24.5. The molecule has 1 atom stereocenters. The fourth-order valence-corrected chi connectivity index (χ4v) is 4.93. The van der Waals surface area contributed by atoms with Crippen LogP contribution < -0.4 is 9.47 Å². The van der Waals surface area contributed by atoms with Crippen LogP contribution in [0, 0.1) is 19.8 Å². The van der Waals surface area contributed by atoms with Crippen molar-refractivity contribution < 1.29 is 28.6 Å². The normalized spacial score (nSPS) is 15.9. The van der Waals surface area contributed by atoms with Gasteiger partial charge in [0.2, 0.25) is 5.78 Å². The maximum Gasteiger partial charge on any atom is 0.290 e. The maximum atomic E-state index is 13.7. The highest BCUT2D eigenvalue weighted by Gasteiger charge is 2.45. The quantitative estimate of drug-likeness (QED) is 0.408. The first-order valence-electron chi connectivity index (χ1n) is 11.3. The Bertz CT molecular complexity index is 1280. The standard InChI is InChI=1S/C26H28N2O6S/c1-14(2)13-34-19-9-8-17(11-20(19)32-5)22-21(23(29)25-15(3)27-16(4)35-25)24(30)26(31)28(22)12-18-7-6-10-33-18/h6-11,14,22,30H,12-13H2,1-5H3. The Labute approximate surface area is 207 Å². The molecule has 1 aliphatic rings. The van der Waals surface area contributed by atoms with E-state index >= 15 is 0 Å². The predicted octanol–water partition coefficient (Wildman–Crippen LogP) is 5.17. The average molecular weight is 497 g/mol. The van der Waals surface area contributed by atoms with Gasteiger partial charge in [-0.2, -0.15) is 0 Å². The monoisotopic (exact) mass is 496 g/mol. The number of rotatable bonds is 9. The van der Waals surface area contributed by atoms with E-state index in [-0.39, 0.29) is 12.1 Å². The highest BCUT2D eigenvalue weighted by Crippen LogP contribution is 2.43. The maximum absolute atomic E-state index is 13.7. The summed E-state index contributed by atoms with van der Waals surface area (Å²) in [6.45, 7) is 8.23. The molecule has 184 valence electrons. The molecule has 0 saturated heterocycles. The Morgan fingerprint density at radius 3 is 2.63 bits per heavy atom. The minimum atomic E-state index is -0.852. The Morgan fingerprint density at radius 2 is 2.03 bits per heavy atom. The Kier molecular flexibility index (Phi) is 6.98. The van der Waals surface area contributed by atoms with Crippen LogP contribution in [0.5, 0.6) is 11.5 Å². The summed E-state index contributed by atoms with van der Waals surface area (Å²) in [4.78, 5) is 33.0. The van der Waals surface area contributed by atoms with Crippen molar-refractivity contribution in [3.63, 3.8) is 0 Å². The number of aryl methyl sites for hydroxylation is 2. The summed E-state index contributed by atoms with van der Waals surface area (Å²) >= 11 is 1.24. The first-order chi connectivity index (χ1) is 16.7. The van der Waals surface area contributed by atoms with Crippen molar-refractivity contribution in [3.05, 3.63) is 74.8 Å². The summed E-state index contributed by atoms with van der Waals surface area (Å²) in [7, 11) is 1.53. The van der Waals surface area contributed by atoms with Gasteiger partial charge >= 0.3 is 0 Å². The molecule has 3 aromatic rings. The van der Waals surface area contributed by atoms with Gasteiger partial charge in [-0.25, -0.2) is 4.98 Å². The zero-order chi connectivity index (χ0) is 25.3. The van der Waals surface area contributed by atoms with Crippen molar-refractivity contribution in [2.24, 2.45) is 5.92 Å². The topological polar surface area (TPSA) is 102 Å². The van der Waals surface area contributed by atoms with Crippen LogP contribution in [0.15, 0.2) is 52.3 Å². The van der Waals surface area contributed by atoms with E-state index in [0.717, 1.165) is 5.01 Å². The fraction of sp³-hybridized carbons (Fsp3) is 0.346. The molecule has 0 saturated carbocycles. The average Bonchev–Trinajstić information content (AvgIpc) is 3.52. The van der Waals surface area contributed by atoms with E-state index in [4.69, 9.17) is 13.9 Å². The molecule has 1 aromatic carbocycles. The van der Waals surface area contributed by atoms with Crippen LogP contribution in [0.3, 0.4) is 0 Å². The Hall–Kier alpha value is -3.59. The second-order valence-electron chi connectivity index (χ2n) is 8.77. The molecule has 9 heteroatoms. The molecule has 3 heterocycles. The van der Waals surface area contributed by atoms with Gasteiger partial charge < -0.3 is 23.9 Å². The number of benzene rings is 1. The van der Waals surface area contributed by atoms with Crippen molar-refractivity contribution in [2.75, 3.05) is 13.7 Å². The van der Waals surface area contributed by atoms with E-state index in [0.29, 0.717) is 45.9 Å². The van der Waals surface area contributed by atoms with Gasteiger partial charge in [0.15, 0.2) is 17.3 Å². The largest absolute Gasteiger partial charge is 0.503 e. The summed E-state index contributed by atoms with van der Waals surface area (Å²) in [5.74, 6) is 0.233. The number of Topliss-reactive ketones (excluding diaryl/α,β-unsaturated/α-hetero) is 1. The molecule has 0 bridgehead atoms. The number of ether oxygens (including phenoxy) is 2. The number of furan rings is 1. The molecule has 1 unspecified atom stereocenters. The van der Waals surface area contributed by atoms with E-state index in [9.17, 15) is 14.7 Å². The number of aliphatic hydroxyl groups is 1. The van der Waals surface area contributed by atoms with Gasteiger partial charge in [-0.1, -0.05) is 19.9 Å². The highest BCUT2D eigenvalue weighted by atomic mass is 32.1. The van der Waals surface area contributed by atoms with Gasteiger partial charge in [0.05, 0.1) is 53.7 Å². The Morgan fingerprint density at radius 1 is 1.26 bits per heavy atom. The van der Waals surface area contributed by atoms with Crippen LogP contribution in [0.2, 0.25) is 0 Å². The number of hydrogen-bond acceptors (Lipinski definition) is 8. The molecule has 0 spiro atoms. The number of nitrogens with zero attached hydrogens (tertiary/aromatic N) is 2. The van der Waals surface area contributed by atoms with E-state index in [2.05, 4.69) is 4.98 Å². The lowest BCUT2D eigenvalue weighted by molar-refractivity contribution is -0.130. The number of amides is 1. The minimum absolute atomic E-state index is 0.00575. The van der Waals surface area contributed by atoms with Crippen molar-refractivity contribution in [3.8, 4) is 11.5 Å². The van der Waals surface area contributed by atoms with Gasteiger partial charge in [0, 0.05) is 0 Å². The number of carbonyl (C=O) groups is 2. The van der Waals surface area contributed by atoms with E-state index in [1.54, 1.807) is 37.3 Å². The lowest BCUT2D eigenvalue weighted by Crippen LogP contribution is -2.30. The van der Waals surface area contributed by atoms with Gasteiger partial charge in [-0.3, -0.25) is 9.59 Å². The first-order valence-corrected chi connectivity index (χ1v) is 12.1. The second-order valence-corrected chi connectivity index (χ2v) is 9.97. The van der Waals surface area contributed by atoms with Crippen LogP contribution in [-0.4, -0.2) is 40.4 Å². The number of ketones is 1. The number of thiazole rings is 1. The smallest absolute Gasteiger partial charge is 0.290 e. The molecule has 35 heavy (non-hydrogen) atoms. The van der Waals surface area contributed by atoms with Gasteiger partial charge in [0.25, 0.3) is 5.91 Å². The third kappa shape index (κ3) is 4.81. The van der Waals surface area contributed by atoms with Crippen LogP contribution in [0.1, 0.15) is 51.6 Å². The molecule has 0 radical (unpaired) electrons. The SMILES string of the molecule is COc1cc(C2C(C(=O)c3sc(C)nc3C)=C(O)C(=O)N2Cc2ccco2)ccc1OCC(C)C. The number of hydrogen-bond donors (Lipinski definition) is 1. The highest BCUT2D eigenvalue weighted by molar-refractivity contribution is 7.14. The molecule has 4 rings (SSSR count). The van der Waals surface area contributed by atoms with E-state index in [1.807, 2.05) is 20.8 Å².